The van der Waals surface area contributed by atoms with E-state index in [1.54, 1.807) is 11.3 Å². The van der Waals surface area contributed by atoms with E-state index in [0.717, 1.165) is 28.6 Å². The summed E-state index contributed by atoms with van der Waals surface area (Å²) in [7, 11) is 0. The van der Waals surface area contributed by atoms with E-state index in [9.17, 15) is 5.11 Å². The van der Waals surface area contributed by atoms with Crippen LogP contribution in [0.15, 0.2) is 21.9 Å². The predicted molar refractivity (Wildman–Crippen MR) is 68.6 cm³/mol. The number of aromatic nitrogens is 1. The molecule has 1 saturated heterocycles. The molecule has 0 spiro atoms. The molecule has 5 heteroatoms. The molecule has 96 valence electrons. The summed E-state index contributed by atoms with van der Waals surface area (Å²) in [6.07, 6.45) is 0.772. The quantitative estimate of drug-likeness (QED) is 0.921. The molecule has 0 radical (unpaired) electrons. The van der Waals surface area contributed by atoms with E-state index >= 15 is 0 Å². The fourth-order valence-electron chi connectivity index (χ4n) is 2.04. The highest BCUT2D eigenvalue weighted by molar-refractivity contribution is 7.09. The molecule has 1 aliphatic rings. The molecule has 0 aliphatic carbocycles. The van der Waals surface area contributed by atoms with Crippen LogP contribution in [0.5, 0.6) is 0 Å². The lowest BCUT2D eigenvalue weighted by atomic mass is 9.84. The molecule has 1 N–H and O–H groups in total. The molecule has 0 amide bonds. The molecule has 0 saturated carbocycles. The van der Waals surface area contributed by atoms with Crippen LogP contribution in [0.4, 0.5) is 0 Å². The second-order valence-corrected chi connectivity index (χ2v) is 5.81. The van der Waals surface area contributed by atoms with Crippen LogP contribution >= 0.6 is 11.3 Å². The molecule has 0 unspecified atom stereocenters. The van der Waals surface area contributed by atoms with Crippen molar-refractivity contribution in [2.45, 2.75) is 13.3 Å². The minimum atomic E-state index is -0.117. The van der Waals surface area contributed by atoms with Crippen LogP contribution in [0.1, 0.15) is 10.8 Å². The fraction of sp³-hybridized carbons (Fsp3) is 0.462. The first kappa shape index (κ1) is 11.9. The van der Waals surface area contributed by atoms with Gasteiger partial charge >= 0.3 is 0 Å². The summed E-state index contributed by atoms with van der Waals surface area (Å²) in [5.41, 5.74) is 0.755. The molecule has 1 fully saturated rings. The molecular formula is C13H15NO3S. The third-order valence-corrected chi connectivity index (χ3v) is 4.07. The van der Waals surface area contributed by atoms with Crippen LogP contribution in [0.3, 0.4) is 0 Å². The maximum absolute atomic E-state index is 9.40. The van der Waals surface area contributed by atoms with E-state index < -0.39 is 0 Å². The number of aliphatic hydroxyl groups excluding tert-OH is 1. The molecule has 0 aromatic carbocycles. The lowest BCUT2D eigenvalue weighted by Crippen LogP contribution is -2.47. The summed E-state index contributed by atoms with van der Waals surface area (Å²) in [6, 6.07) is 3.87. The van der Waals surface area contributed by atoms with Crippen molar-refractivity contribution in [2.24, 2.45) is 5.41 Å². The molecule has 2 aromatic heterocycles. The monoisotopic (exact) mass is 265 g/mol. The Kier molecular flexibility index (Phi) is 2.97. The number of aryl methyl sites for hydroxylation is 1. The highest BCUT2D eigenvalue weighted by Crippen LogP contribution is 2.33. The molecule has 3 rings (SSSR count). The van der Waals surface area contributed by atoms with Gasteiger partial charge in [-0.05, 0) is 19.1 Å². The lowest BCUT2D eigenvalue weighted by Gasteiger charge is -2.39. The van der Waals surface area contributed by atoms with Gasteiger partial charge in [0.2, 0.25) is 0 Å². The normalized spacial score (nSPS) is 17.7. The van der Waals surface area contributed by atoms with Crippen LogP contribution < -0.4 is 0 Å². The van der Waals surface area contributed by atoms with Gasteiger partial charge in [0.1, 0.15) is 11.5 Å². The Morgan fingerprint density at radius 3 is 2.83 bits per heavy atom. The van der Waals surface area contributed by atoms with Crippen LogP contribution in [-0.2, 0) is 11.2 Å². The average Bonchev–Trinajstić information content (AvgIpc) is 2.92. The largest absolute Gasteiger partial charge is 0.460 e. The van der Waals surface area contributed by atoms with Gasteiger partial charge in [0.25, 0.3) is 0 Å². The Hall–Kier alpha value is -1.17. The van der Waals surface area contributed by atoms with Crippen molar-refractivity contribution >= 4 is 11.3 Å². The summed E-state index contributed by atoms with van der Waals surface area (Å²) < 4.78 is 10.7. The number of ether oxygens (including phenoxy) is 1. The van der Waals surface area contributed by atoms with Crippen molar-refractivity contribution in [1.82, 2.24) is 4.98 Å². The Labute approximate surface area is 109 Å². The van der Waals surface area contributed by atoms with Gasteiger partial charge in [-0.1, -0.05) is 0 Å². The lowest BCUT2D eigenvalue weighted by molar-refractivity contribution is -0.136. The Bertz CT molecular complexity index is 536. The van der Waals surface area contributed by atoms with Crippen LogP contribution in [-0.4, -0.2) is 29.9 Å². The highest BCUT2D eigenvalue weighted by Gasteiger charge is 2.39. The Morgan fingerprint density at radius 1 is 1.44 bits per heavy atom. The molecule has 0 bridgehead atoms. The van der Waals surface area contributed by atoms with E-state index in [2.05, 4.69) is 4.98 Å². The zero-order valence-electron chi connectivity index (χ0n) is 10.2. The third kappa shape index (κ3) is 2.09. The number of hydrogen-bond acceptors (Lipinski definition) is 5. The maximum atomic E-state index is 9.40. The number of hydrogen-bond donors (Lipinski definition) is 1. The van der Waals surface area contributed by atoms with Gasteiger partial charge in [-0.25, -0.2) is 4.98 Å². The molecule has 0 atom stereocenters. The summed E-state index contributed by atoms with van der Waals surface area (Å²) in [5, 5.41) is 12.4. The predicted octanol–water partition coefficient (Wildman–Crippen LogP) is 2.26. The Balaban J connectivity index is 1.77. The van der Waals surface area contributed by atoms with Gasteiger partial charge in [0.15, 0.2) is 5.76 Å². The number of nitrogens with zero attached hydrogens (tertiary/aromatic N) is 1. The third-order valence-electron chi connectivity index (χ3n) is 3.22. The van der Waals surface area contributed by atoms with Crippen molar-refractivity contribution in [3.05, 3.63) is 28.3 Å². The summed E-state index contributed by atoms with van der Waals surface area (Å²) in [4.78, 5) is 4.57. The first-order valence-corrected chi connectivity index (χ1v) is 6.79. The van der Waals surface area contributed by atoms with E-state index in [1.165, 1.54) is 0 Å². The summed E-state index contributed by atoms with van der Waals surface area (Å²) >= 11 is 1.61. The topological polar surface area (TPSA) is 55.5 Å². The van der Waals surface area contributed by atoms with Crippen molar-refractivity contribution in [1.29, 1.82) is 0 Å². The van der Waals surface area contributed by atoms with Crippen molar-refractivity contribution in [2.75, 3.05) is 19.8 Å². The molecule has 1 aliphatic heterocycles. The number of thiazole rings is 1. The molecule has 3 heterocycles. The zero-order valence-corrected chi connectivity index (χ0v) is 11.0. The molecule has 18 heavy (non-hydrogen) atoms. The average molecular weight is 265 g/mol. The second-order valence-electron chi connectivity index (χ2n) is 4.86. The van der Waals surface area contributed by atoms with Gasteiger partial charge in [-0.15, -0.1) is 11.3 Å². The zero-order chi connectivity index (χ0) is 12.6. The van der Waals surface area contributed by atoms with Crippen molar-refractivity contribution < 1.29 is 14.3 Å². The Morgan fingerprint density at radius 2 is 2.28 bits per heavy atom. The smallest absolute Gasteiger partial charge is 0.153 e. The SMILES string of the molecule is Cc1ccc(-c2csc(CC3(CO)COC3)n2)o1. The van der Waals surface area contributed by atoms with Gasteiger partial charge < -0.3 is 14.3 Å². The van der Waals surface area contributed by atoms with Crippen molar-refractivity contribution in [3.8, 4) is 11.5 Å². The second kappa shape index (κ2) is 4.50. The number of furan rings is 1. The standard InChI is InChI=1S/C13H15NO3S/c1-9-2-3-11(17-9)10-5-18-12(14-10)4-13(6-15)7-16-8-13/h2-3,5,15H,4,6-8H2,1H3. The minimum absolute atomic E-state index is 0.117. The maximum Gasteiger partial charge on any atom is 0.153 e. The first-order valence-electron chi connectivity index (χ1n) is 5.91. The number of aliphatic hydroxyl groups is 1. The minimum Gasteiger partial charge on any atom is -0.460 e. The van der Waals surface area contributed by atoms with E-state index in [1.807, 2.05) is 24.4 Å². The van der Waals surface area contributed by atoms with E-state index in [-0.39, 0.29) is 12.0 Å². The van der Waals surface area contributed by atoms with Crippen LogP contribution in [0.2, 0.25) is 0 Å². The van der Waals surface area contributed by atoms with Gasteiger partial charge in [-0.2, -0.15) is 0 Å². The summed E-state index contributed by atoms with van der Waals surface area (Å²) in [5.74, 6) is 1.69. The van der Waals surface area contributed by atoms with Gasteiger partial charge in [0.05, 0.1) is 24.8 Å². The van der Waals surface area contributed by atoms with E-state index in [4.69, 9.17) is 9.15 Å². The van der Waals surface area contributed by atoms with Crippen molar-refractivity contribution in [3.63, 3.8) is 0 Å². The number of rotatable bonds is 4. The van der Waals surface area contributed by atoms with Gasteiger partial charge in [-0.3, -0.25) is 0 Å². The highest BCUT2D eigenvalue weighted by atomic mass is 32.1. The van der Waals surface area contributed by atoms with Crippen LogP contribution in [0.25, 0.3) is 11.5 Å². The van der Waals surface area contributed by atoms with E-state index in [0.29, 0.717) is 13.2 Å². The first-order chi connectivity index (χ1) is 8.71. The van der Waals surface area contributed by atoms with Gasteiger partial charge in [0, 0.05) is 17.2 Å². The fourth-order valence-corrected chi connectivity index (χ4v) is 3.00. The molecular weight excluding hydrogens is 250 g/mol. The van der Waals surface area contributed by atoms with Crippen LogP contribution in [0, 0.1) is 12.3 Å². The molecule has 4 nitrogen and oxygen atoms in total. The molecule has 2 aromatic rings. The summed E-state index contributed by atoms with van der Waals surface area (Å²) in [6.45, 7) is 3.32.